The van der Waals surface area contributed by atoms with Crippen molar-refractivity contribution in [1.29, 1.82) is 0 Å². The third-order valence-corrected chi connectivity index (χ3v) is 1.73. The molecular formula is C6H13NO. The molecule has 1 aliphatic rings. The van der Waals surface area contributed by atoms with Gasteiger partial charge in [-0.2, -0.15) is 0 Å². The van der Waals surface area contributed by atoms with Crippen LogP contribution in [0.2, 0.25) is 0 Å². The highest BCUT2D eigenvalue weighted by Gasteiger charge is 2.14. The Morgan fingerprint density at radius 2 is 2.25 bits per heavy atom. The summed E-state index contributed by atoms with van der Waals surface area (Å²) in [5.41, 5.74) is 0. The van der Waals surface area contributed by atoms with E-state index in [9.17, 15) is 0 Å². The van der Waals surface area contributed by atoms with Crippen LogP contribution in [0.25, 0.3) is 0 Å². The smallest absolute Gasteiger partial charge is 0.107 e. The van der Waals surface area contributed by atoms with E-state index in [4.69, 9.17) is 5.11 Å². The number of hydrogen-bond donors (Lipinski definition) is 1. The van der Waals surface area contributed by atoms with Gasteiger partial charge in [0.2, 0.25) is 0 Å². The fraction of sp³-hybridized carbons (Fsp3) is 1.00. The Bertz CT molecular complexity index is 64.9. The minimum atomic E-state index is -0.163. The van der Waals surface area contributed by atoms with Gasteiger partial charge in [0.1, 0.15) is 6.23 Å². The van der Waals surface area contributed by atoms with Crippen LogP contribution in [0.15, 0.2) is 0 Å². The first-order valence-electron chi connectivity index (χ1n) is 3.19. The Balaban J connectivity index is 2.28. The number of hydrogen-bond acceptors (Lipinski definition) is 2. The molecule has 0 amide bonds. The lowest BCUT2D eigenvalue weighted by atomic mass is 10.1. The summed E-state index contributed by atoms with van der Waals surface area (Å²) >= 11 is 0. The summed E-state index contributed by atoms with van der Waals surface area (Å²) in [5, 5.41) is 9.10. The van der Waals surface area contributed by atoms with Crippen molar-refractivity contribution in [2.45, 2.75) is 25.5 Å². The summed E-state index contributed by atoms with van der Waals surface area (Å²) in [6.45, 7) is 1.06. The zero-order valence-corrected chi connectivity index (χ0v) is 5.30. The molecule has 1 heterocycles. The molecule has 0 radical (unpaired) electrons. The van der Waals surface area contributed by atoms with Crippen LogP contribution in [0.1, 0.15) is 19.3 Å². The van der Waals surface area contributed by atoms with Gasteiger partial charge in [0.25, 0.3) is 0 Å². The van der Waals surface area contributed by atoms with Crippen LogP contribution in [0, 0.1) is 0 Å². The highest BCUT2D eigenvalue weighted by molar-refractivity contribution is 4.63. The second-order valence-corrected chi connectivity index (χ2v) is 2.46. The fourth-order valence-corrected chi connectivity index (χ4v) is 1.06. The Labute approximate surface area is 50.1 Å². The Hall–Kier alpha value is -0.0800. The quantitative estimate of drug-likeness (QED) is 0.494. The number of nitrogens with zero attached hydrogens (tertiary/aromatic N) is 1. The number of piperidine rings is 1. The van der Waals surface area contributed by atoms with Crippen molar-refractivity contribution in [1.82, 2.24) is 4.90 Å². The third-order valence-electron chi connectivity index (χ3n) is 1.73. The van der Waals surface area contributed by atoms with Gasteiger partial charge in [0.05, 0.1) is 0 Å². The molecule has 8 heavy (non-hydrogen) atoms. The third kappa shape index (κ3) is 1.20. The molecule has 0 saturated carbocycles. The SMILES string of the molecule is CN1CCCC[C@@H]1O. The molecule has 0 unspecified atom stereocenters. The molecule has 1 N–H and O–H groups in total. The van der Waals surface area contributed by atoms with Crippen LogP contribution < -0.4 is 0 Å². The molecule has 0 aromatic heterocycles. The van der Waals surface area contributed by atoms with Crippen LogP contribution in [0.4, 0.5) is 0 Å². The lowest BCUT2D eigenvalue weighted by molar-refractivity contribution is -0.00577. The van der Waals surface area contributed by atoms with E-state index in [1.54, 1.807) is 0 Å². The lowest BCUT2D eigenvalue weighted by Crippen LogP contribution is -2.35. The van der Waals surface area contributed by atoms with Gasteiger partial charge in [-0.3, -0.25) is 4.90 Å². The summed E-state index contributed by atoms with van der Waals surface area (Å²) in [7, 11) is 1.96. The second kappa shape index (κ2) is 2.46. The van der Waals surface area contributed by atoms with Gasteiger partial charge in [-0.1, -0.05) is 0 Å². The summed E-state index contributed by atoms with van der Waals surface area (Å²) in [5.74, 6) is 0. The zero-order valence-electron chi connectivity index (χ0n) is 5.30. The molecule has 0 aliphatic carbocycles. The lowest BCUT2D eigenvalue weighted by Gasteiger charge is -2.27. The molecule has 0 aromatic rings. The predicted molar refractivity (Wildman–Crippen MR) is 32.5 cm³/mol. The van der Waals surface area contributed by atoms with Crippen molar-refractivity contribution < 1.29 is 5.11 Å². The molecule has 48 valence electrons. The Morgan fingerprint density at radius 1 is 1.50 bits per heavy atom. The van der Waals surface area contributed by atoms with Crippen molar-refractivity contribution in [3.63, 3.8) is 0 Å². The van der Waals surface area contributed by atoms with E-state index < -0.39 is 0 Å². The molecule has 1 aliphatic heterocycles. The molecule has 1 atom stereocenters. The molecule has 0 spiro atoms. The molecular weight excluding hydrogens is 102 g/mol. The topological polar surface area (TPSA) is 23.5 Å². The first-order chi connectivity index (χ1) is 3.80. The molecule has 1 rings (SSSR count). The summed E-state index contributed by atoms with van der Waals surface area (Å²) < 4.78 is 0. The average molecular weight is 115 g/mol. The highest BCUT2D eigenvalue weighted by Crippen LogP contribution is 2.11. The van der Waals surface area contributed by atoms with Crippen LogP contribution in [-0.2, 0) is 0 Å². The first kappa shape index (κ1) is 6.05. The van der Waals surface area contributed by atoms with Crippen LogP contribution in [0.3, 0.4) is 0 Å². The van der Waals surface area contributed by atoms with Gasteiger partial charge in [0.15, 0.2) is 0 Å². The van der Waals surface area contributed by atoms with Crippen LogP contribution in [0.5, 0.6) is 0 Å². The van der Waals surface area contributed by atoms with Gasteiger partial charge in [0, 0.05) is 6.54 Å². The maximum Gasteiger partial charge on any atom is 0.107 e. The molecule has 1 fully saturated rings. The summed E-state index contributed by atoms with van der Waals surface area (Å²) in [4.78, 5) is 1.99. The van der Waals surface area contributed by atoms with E-state index in [2.05, 4.69) is 0 Å². The molecule has 2 heteroatoms. The summed E-state index contributed by atoms with van der Waals surface area (Å²) in [6.07, 6.45) is 3.22. The molecule has 0 bridgehead atoms. The number of aliphatic hydroxyl groups is 1. The average Bonchev–Trinajstić information content (AvgIpc) is 1.77. The van der Waals surface area contributed by atoms with Gasteiger partial charge in [-0.15, -0.1) is 0 Å². The van der Waals surface area contributed by atoms with E-state index in [-0.39, 0.29) is 6.23 Å². The van der Waals surface area contributed by atoms with E-state index in [1.807, 2.05) is 11.9 Å². The van der Waals surface area contributed by atoms with Gasteiger partial charge in [-0.25, -0.2) is 0 Å². The predicted octanol–water partition coefficient (Wildman–Crippen LogP) is 0.420. The zero-order chi connectivity index (χ0) is 5.98. The van der Waals surface area contributed by atoms with Crippen molar-refractivity contribution in [3.8, 4) is 0 Å². The van der Waals surface area contributed by atoms with E-state index in [0.717, 1.165) is 13.0 Å². The highest BCUT2D eigenvalue weighted by atomic mass is 16.3. The van der Waals surface area contributed by atoms with E-state index in [1.165, 1.54) is 12.8 Å². The number of rotatable bonds is 0. The maximum atomic E-state index is 9.10. The second-order valence-electron chi connectivity index (χ2n) is 2.46. The number of aliphatic hydroxyl groups excluding tert-OH is 1. The largest absolute Gasteiger partial charge is 0.378 e. The molecule has 2 nitrogen and oxygen atoms in total. The van der Waals surface area contributed by atoms with Crippen molar-refractivity contribution in [2.24, 2.45) is 0 Å². The summed E-state index contributed by atoms with van der Waals surface area (Å²) in [6, 6.07) is 0. The van der Waals surface area contributed by atoms with Crippen molar-refractivity contribution in [3.05, 3.63) is 0 Å². The van der Waals surface area contributed by atoms with Crippen LogP contribution >= 0.6 is 0 Å². The van der Waals surface area contributed by atoms with E-state index >= 15 is 0 Å². The van der Waals surface area contributed by atoms with Crippen LogP contribution in [-0.4, -0.2) is 29.8 Å². The van der Waals surface area contributed by atoms with Crippen molar-refractivity contribution >= 4 is 0 Å². The normalized spacial score (nSPS) is 33.0. The maximum absolute atomic E-state index is 9.10. The molecule has 0 aromatic carbocycles. The Morgan fingerprint density at radius 3 is 2.62 bits per heavy atom. The van der Waals surface area contributed by atoms with Gasteiger partial charge < -0.3 is 5.11 Å². The van der Waals surface area contributed by atoms with Crippen molar-refractivity contribution in [2.75, 3.05) is 13.6 Å². The fourth-order valence-electron chi connectivity index (χ4n) is 1.06. The minimum Gasteiger partial charge on any atom is -0.378 e. The van der Waals surface area contributed by atoms with E-state index in [0.29, 0.717) is 0 Å². The Kier molecular flexibility index (Phi) is 1.86. The monoisotopic (exact) mass is 115 g/mol. The number of likely N-dealkylation sites (tertiary alicyclic amines) is 1. The standard InChI is InChI=1S/C6H13NO/c1-7-5-3-2-4-6(7)8/h6,8H,2-5H2,1H3/t6-/m0/s1. The minimum absolute atomic E-state index is 0.163. The van der Waals surface area contributed by atoms with Gasteiger partial charge >= 0.3 is 0 Å². The first-order valence-corrected chi connectivity index (χ1v) is 3.19. The molecule has 1 saturated heterocycles. The van der Waals surface area contributed by atoms with Gasteiger partial charge in [-0.05, 0) is 26.3 Å².